The summed E-state index contributed by atoms with van der Waals surface area (Å²) in [5.41, 5.74) is 0. The zero-order valence-corrected chi connectivity index (χ0v) is 26.9. The van der Waals surface area contributed by atoms with Gasteiger partial charge in [-0.25, -0.2) is 0 Å². The molecule has 292 valence electrons. The van der Waals surface area contributed by atoms with Gasteiger partial charge in [-0.2, -0.15) is 0 Å². The maximum absolute atomic E-state index is 12.2. The molecule has 14 N–H and O–H groups in total. The van der Waals surface area contributed by atoms with Crippen LogP contribution in [0.2, 0.25) is 0 Å². The van der Waals surface area contributed by atoms with Gasteiger partial charge in [0.15, 0.2) is 18.9 Å². The molecule has 0 aromatic rings. The van der Waals surface area contributed by atoms with E-state index in [0.29, 0.717) is 0 Å². The Morgan fingerprint density at radius 1 is 0.500 bits per heavy atom. The topological polar surface area (TPSA) is 357 Å². The summed E-state index contributed by atoms with van der Waals surface area (Å²) in [5.74, 6) is -0.748. The Morgan fingerprint density at radius 2 is 0.960 bits per heavy atom. The Bertz CT molecular complexity index is 1060. The third kappa shape index (κ3) is 8.72. The molecule has 4 rings (SSSR count). The number of aliphatic hydroxyl groups is 13. The first-order valence-corrected chi connectivity index (χ1v) is 16.1. The average Bonchev–Trinajstić information content (AvgIpc) is 3.09. The van der Waals surface area contributed by atoms with Crippen LogP contribution in [0.3, 0.4) is 0 Å². The molecule has 0 spiro atoms. The van der Waals surface area contributed by atoms with E-state index in [4.69, 9.17) is 33.2 Å². The van der Waals surface area contributed by atoms with Crippen LogP contribution in [0, 0.1) is 0 Å². The van der Waals surface area contributed by atoms with Gasteiger partial charge in [-0.15, -0.1) is 0 Å². The van der Waals surface area contributed by atoms with Crippen LogP contribution < -0.4 is 5.32 Å². The SMILES string of the molecule is CC(=O)NC1C(O)[C@H](OC2OC(CO)[C@H](O)C(O)C2O)C(CO)O[C@H]1OC1C(O)[C@H](O[C@@H]2C(CO)O[C@@H](CCO)C(O)C2O)OC(CO)[C@@H]1O. The van der Waals surface area contributed by atoms with E-state index < -0.39 is 162 Å². The summed E-state index contributed by atoms with van der Waals surface area (Å²) in [4.78, 5) is 12.2. The van der Waals surface area contributed by atoms with Crippen molar-refractivity contribution in [2.24, 2.45) is 0 Å². The molecule has 0 aliphatic carbocycles. The van der Waals surface area contributed by atoms with Gasteiger partial charge >= 0.3 is 0 Å². The number of rotatable bonds is 13. The van der Waals surface area contributed by atoms with E-state index in [-0.39, 0.29) is 6.42 Å². The fraction of sp³-hybridized carbons (Fsp3) is 0.964. The lowest BCUT2D eigenvalue weighted by Gasteiger charge is -2.50. The third-order valence-corrected chi connectivity index (χ3v) is 9.14. The lowest BCUT2D eigenvalue weighted by Crippen LogP contribution is -2.69. The number of hydrogen-bond donors (Lipinski definition) is 14. The lowest BCUT2D eigenvalue weighted by molar-refractivity contribution is -0.376. The highest BCUT2D eigenvalue weighted by atomic mass is 16.8. The maximum atomic E-state index is 12.2. The van der Waals surface area contributed by atoms with E-state index in [2.05, 4.69) is 5.32 Å². The van der Waals surface area contributed by atoms with Crippen molar-refractivity contribution < 1.29 is 104 Å². The summed E-state index contributed by atoms with van der Waals surface area (Å²) in [7, 11) is 0. The van der Waals surface area contributed by atoms with E-state index in [1.807, 2.05) is 0 Å². The van der Waals surface area contributed by atoms with Crippen molar-refractivity contribution in [1.29, 1.82) is 0 Å². The number of amides is 1. The average molecular weight is 736 g/mol. The number of carbonyl (C=O) groups excluding carboxylic acids is 1. The number of aliphatic hydroxyl groups excluding tert-OH is 13. The van der Waals surface area contributed by atoms with Gasteiger partial charge in [0.25, 0.3) is 0 Å². The lowest BCUT2D eigenvalue weighted by atomic mass is 9.93. The van der Waals surface area contributed by atoms with Crippen LogP contribution >= 0.6 is 0 Å². The minimum absolute atomic E-state index is 0.0926. The molecular weight excluding hydrogens is 686 g/mol. The van der Waals surface area contributed by atoms with Crippen molar-refractivity contribution in [1.82, 2.24) is 5.32 Å². The van der Waals surface area contributed by atoms with Gasteiger partial charge in [-0.1, -0.05) is 0 Å². The van der Waals surface area contributed by atoms with Crippen LogP contribution in [-0.4, -0.2) is 228 Å². The van der Waals surface area contributed by atoms with Gasteiger partial charge in [0.1, 0.15) is 97.6 Å². The second-order valence-electron chi connectivity index (χ2n) is 12.5. The number of carbonyl (C=O) groups is 1. The molecule has 0 radical (unpaired) electrons. The highest BCUT2D eigenvalue weighted by Crippen LogP contribution is 2.34. The Labute approximate surface area is 284 Å². The number of nitrogens with one attached hydrogen (secondary N) is 1. The zero-order valence-electron chi connectivity index (χ0n) is 26.9. The molecule has 50 heavy (non-hydrogen) atoms. The van der Waals surface area contributed by atoms with E-state index in [1.165, 1.54) is 0 Å². The largest absolute Gasteiger partial charge is 0.396 e. The van der Waals surface area contributed by atoms with Crippen molar-refractivity contribution in [3.63, 3.8) is 0 Å². The molecule has 22 heteroatoms. The van der Waals surface area contributed by atoms with Crippen molar-refractivity contribution in [2.45, 2.75) is 136 Å². The Kier molecular flexibility index (Phi) is 15.0. The highest BCUT2D eigenvalue weighted by molar-refractivity contribution is 5.73. The summed E-state index contributed by atoms with van der Waals surface area (Å²) in [6, 6.07) is -1.61. The minimum atomic E-state index is -2.00. The fourth-order valence-corrected chi connectivity index (χ4v) is 6.41. The first-order chi connectivity index (χ1) is 23.7. The second-order valence-corrected chi connectivity index (χ2v) is 12.5. The molecular formula is C28H49NO21. The van der Waals surface area contributed by atoms with Crippen molar-refractivity contribution in [3.8, 4) is 0 Å². The van der Waals surface area contributed by atoms with Gasteiger partial charge in [-0.3, -0.25) is 4.79 Å². The van der Waals surface area contributed by atoms with E-state index in [0.717, 1.165) is 6.92 Å². The third-order valence-electron chi connectivity index (χ3n) is 9.14. The number of ether oxygens (including phenoxy) is 7. The summed E-state index contributed by atoms with van der Waals surface area (Å²) < 4.78 is 39.4. The second kappa shape index (κ2) is 18.1. The molecule has 0 aromatic heterocycles. The normalized spacial score (nSPS) is 48.7. The first-order valence-electron chi connectivity index (χ1n) is 16.1. The smallest absolute Gasteiger partial charge is 0.217 e. The molecule has 4 fully saturated rings. The first kappa shape index (κ1) is 41.4. The Balaban J connectivity index is 1.55. The zero-order chi connectivity index (χ0) is 37.0. The molecule has 0 aromatic carbocycles. The molecule has 20 atom stereocenters. The van der Waals surface area contributed by atoms with E-state index in [9.17, 15) is 71.2 Å². The maximum Gasteiger partial charge on any atom is 0.217 e. The minimum Gasteiger partial charge on any atom is -0.396 e. The predicted octanol–water partition coefficient (Wildman–Crippen LogP) is -9.17. The standard InChI is InChI=1S/C28H49NO21/c1-8(35)29-14-18(39)23(48-27-21(42)19(40)16(37)10(4-31)45-27)13(7-34)47-26(14)50-25-17(38)11(5-32)46-28(22(25)43)49-24-12(6-33)44-9(2-3-30)15(36)20(24)41/h9-28,30-34,36-43H,2-7H2,1H3,(H,29,35)/t9-,10?,11?,12?,13?,14?,15?,16-,17-,18?,19?,20?,21?,22?,23+,24+,25?,26-,27?,28-/m0/s1. The van der Waals surface area contributed by atoms with Crippen LogP contribution in [0.5, 0.6) is 0 Å². The van der Waals surface area contributed by atoms with Crippen LogP contribution in [0.25, 0.3) is 0 Å². The summed E-state index contributed by atoms with van der Waals surface area (Å²) in [6.07, 6.45) is -31.9. The van der Waals surface area contributed by atoms with Crippen molar-refractivity contribution >= 4 is 5.91 Å². The molecule has 1 amide bonds. The molecule has 0 bridgehead atoms. The molecule has 0 saturated carbocycles. The Hall–Kier alpha value is -1.33. The van der Waals surface area contributed by atoms with Crippen LogP contribution in [-0.2, 0) is 38.0 Å². The predicted molar refractivity (Wildman–Crippen MR) is 155 cm³/mol. The fourth-order valence-electron chi connectivity index (χ4n) is 6.41. The van der Waals surface area contributed by atoms with E-state index >= 15 is 0 Å². The molecule has 13 unspecified atom stereocenters. The van der Waals surface area contributed by atoms with Gasteiger partial charge in [-0.05, 0) is 6.42 Å². The quantitative estimate of drug-likeness (QED) is 0.0835. The highest BCUT2D eigenvalue weighted by Gasteiger charge is 2.55. The number of hydrogen-bond acceptors (Lipinski definition) is 21. The van der Waals surface area contributed by atoms with Gasteiger partial charge in [0.2, 0.25) is 5.91 Å². The van der Waals surface area contributed by atoms with Crippen LogP contribution in [0.4, 0.5) is 0 Å². The van der Waals surface area contributed by atoms with Gasteiger partial charge in [0, 0.05) is 13.5 Å². The van der Waals surface area contributed by atoms with Crippen molar-refractivity contribution in [2.75, 3.05) is 33.0 Å². The van der Waals surface area contributed by atoms with Crippen molar-refractivity contribution in [3.05, 3.63) is 0 Å². The summed E-state index contributed by atoms with van der Waals surface area (Å²) in [5, 5.41) is 137. The molecule has 22 nitrogen and oxygen atoms in total. The van der Waals surface area contributed by atoms with Gasteiger partial charge in [0.05, 0.1) is 32.5 Å². The Morgan fingerprint density at radius 3 is 1.50 bits per heavy atom. The monoisotopic (exact) mass is 735 g/mol. The molecule has 4 aliphatic rings. The van der Waals surface area contributed by atoms with Gasteiger partial charge < -0.3 is 105 Å². The van der Waals surface area contributed by atoms with Crippen LogP contribution in [0.15, 0.2) is 0 Å². The van der Waals surface area contributed by atoms with E-state index in [1.54, 1.807) is 0 Å². The summed E-state index contributed by atoms with van der Waals surface area (Å²) >= 11 is 0. The molecule has 4 saturated heterocycles. The molecule has 4 aliphatic heterocycles. The van der Waals surface area contributed by atoms with Crippen LogP contribution in [0.1, 0.15) is 13.3 Å². The summed E-state index contributed by atoms with van der Waals surface area (Å²) in [6.45, 7) is -2.67. The molecule has 4 heterocycles.